The van der Waals surface area contributed by atoms with Gasteiger partial charge in [-0.15, -0.1) is 0 Å². The fraction of sp³-hybridized carbons (Fsp3) is 0.316. The average Bonchev–Trinajstić information content (AvgIpc) is 2.61. The second-order valence-electron chi connectivity index (χ2n) is 4.86. The zero-order valence-electron chi connectivity index (χ0n) is 15.0. The van der Waals surface area contributed by atoms with E-state index in [2.05, 4.69) is 4.98 Å². The molecule has 0 amide bonds. The molecule has 2 rings (SSSR count). The average molecular weight is 327 g/mol. The quantitative estimate of drug-likeness (QED) is 0.668. The van der Waals surface area contributed by atoms with E-state index in [1.54, 1.807) is 12.3 Å². The molecule has 2 aromatic rings. The van der Waals surface area contributed by atoms with Crippen LogP contribution in [0.2, 0.25) is 0 Å². The van der Waals surface area contributed by atoms with Crippen molar-refractivity contribution in [2.75, 3.05) is 6.61 Å². The lowest BCUT2D eigenvalue weighted by atomic mass is 10.2. The Hall–Kier alpha value is -2.69. The highest BCUT2D eigenvalue weighted by atomic mass is 16.5. The molecule has 0 saturated carbocycles. The summed E-state index contributed by atoms with van der Waals surface area (Å²) in [5.41, 5.74) is 2.34. The molecule has 24 heavy (non-hydrogen) atoms. The predicted octanol–water partition coefficient (Wildman–Crippen LogP) is 3.93. The minimum Gasteiger partial charge on any atom is -0.481 e. The van der Waals surface area contributed by atoms with E-state index in [4.69, 9.17) is 10.1 Å². The number of nitrogens with one attached hydrogen (secondary N) is 1. The number of aryl methyl sites for hydroxylation is 1. The number of ether oxygens (including phenoxy) is 1. The van der Waals surface area contributed by atoms with E-state index in [1.165, 1.54) is 4.40 Å². The SMILES string of the molecule is C/C=C\C(=C/C)COc1c(C=N)nc2ccc(C)cn2c1=O.CC. The highest BCUT2D eigenvalue weighted by Gasteiger charge is 2.13. The van der Waals surface area contributed by atoms with Crippen molar-refractivity contribution >= 4 is 11.9 Å². The van der Waals surface area contributed by atoms with Crippen molar-refractivity contribution in [1.29, 1.82) is 5.41 Å². The molecule has 0 unspecified atom stereocenters. The third kappa shape index (κ3) is 4.41. The summed E-state index contributed by atoms with van der Waals surface area (Å²) in [5, 5.41) is 7.47. The largest absolute Gasteiger partial charge is 0.481 e. The van der Waals surface area contributed by atoms with Crippen LogP contribution in [-0.2, 0) is 0 Å². The third-order valence-corrected chi connectivity index (χ3v) is 3.23. The standard InChI is InChI=1S/C17H19N3O2.C2H6/c1-4-6-13(5-2)11-22-16-14(9-18)19-15-8-7-12(3)10-20(15)17(16)21;1-2/h4-10,18H,11H2,1-3H3;1-2H3/b6-4-,13-5+,18-9?;. The van der Waals surface area contributed by atoms with Crippen LogP contribution in [0.15, 0.2) is 46.9 Å². The van der Waals surface area contributed by atoms with Crippen LogP contribution in [0.25, 0.3) is 5.65 Å². The van der Waals surface area contributed by atoms with Gasteiger partial charge >= 0.3 is 5.56 Å². The van der Waals surface area contributed by atoms with Gasteiger partial charge in [0.25, 0.3) is 0 Å². The number of nitrogens with zero attached hydrogens (tertiary/aromatic N) is 2. The van der Waals surface area contributed by atoms with Crippen molar-refractivity contribution in [3.05, 3.63) is 63.7 Å². The van der Waals surface area contributed by atoms with E-state index >= 15 is 0 Å². The molecule has 0 radical (unpaired) electrons. The van der Waals surface area contributed by atoms with E-state index < -0.39 is 0 Å². The molecule has 0 atom stereocenters. The molecule has 0 aliphatic heterocycles. The van der Waals surface area contributed by atoms with Crippen LogP contribution in [-0.4, -0.2) is 22.2 Å². The molecule has 0 fully saturated rings. The Morgan fingerprint density at radius 3 is 2.62 bits per heavy atom. The Balaban J connectivity index is 0.00000139. The van der Waals surface area contributed by atoms with E-state index in [9.17, 15) is 4.79 Å². The molecule has 0 aliphatic rings. The Morgan fingerprint density at radius 2 is 2.04 bits per heavy atom. The van der Waals surface area contributed by atoms with Crippen LogP contribution >= 0.6 is 0 Å². The lowest BCUT2D eigenvalue weighted by Crippen LogP contribution is -2.21. The summed E-state index contributed by atoms with van der Waals surface area (Å²) in [6.45, 7) is 9.99. The fourth-order valence-electron chi connectivity index (χ4n) is 2.08. The van der Waals surface area contributed by atoms with Crippen molar-refractivity contribution in [3.8, 4) is 5.75 Å². The maximum absolute atomic E-state index is 12.6. The Bertz CT molecular complexity index is 817. The Kier molecular flexibility index (Phi) is 7.62. The van der Waals surface area contributed by atoms with Crippen molar-refractivity contribution in [3.63, 3.8) is 0 Å². The summed E-state index contributed by atoms with van der Waals surface area (Å²) in [4.78, 5) is 16.9. The zero-order chi connectivity index (χ0) is 18.1. The molecule has 0 aliphatic carbocycles. The van der Waals surface area contributed by atoms with Crippen molar-refractivity contribution in [2.45, 2.75) is 34.6 Å². The van der Waals surface area contributed by atoms with Gasteiger partial charge in [-0.25, -0.2) is 4.98 Å². The highest BCUT2D eigenvalue weighted by Crippen LogP contribution is 2.13. The van der Waals surface area contributed by atoms with Crippen LogP contribution in [0.1, 0.15) is 39.0 Å². The van der Waals surface area contributed by atoms with Crippen LogP contribution in [0.5, 0.6) is 5.75 Å². The van der Waals surface area contributed by atoms with E-state index in [0.717, 1.165) is 17.4 Å². The summed E-state index contributed by atoms with van der Waals surface area (Å²) in [6.07, 6.45) is 8.50. The molecule has 2 aromatic heterocycles. The minimum absolute atomic E-state index is 0.0990. The van der Waals surface area contributed by atoms with Gasteiger partial charge in [0.2, 0.25) is 5.75 Å². The van der Waals surface area contributed by atoms with Gasteiger partial charge in [-0.1, -0.05) is 38.1 Å². The smallest absolute Gasteiger partial charge is 0.300 e. The normalized spacial score (nSPS) is 11.3. The number of pyridine rings is 1. The number of fused-ring (bicyclic) bond motifs is 1. The van der Waals surface area contributed by atoms with Crippen LogP contribution < -0.4 is 10.3 Å². The monoisotopic (exact) mass is 327 g/mol. The molecule has 0 spiro atoms. The number of aromatic nitrogens is 2. The number of allylic oxidation sites excluding steroid dienone is 2. The van der Waals surface area contributed by atoms with Crippen LogP contribution in [0.3, 0.4) is 0 Å². The molecule has 2 heterocycles. The van der Waals surface area contributed by atoms with E-state index in [0.29, 0.717) is 5.65 Å². The Morgan fingerprint density at radius 1 is 1.33 bits per heavy atom. The first-order chi connectivity index (χ1) is 11.6. The topological polar surface area (TPSA) is 67.4 Å². The zero-order valence-corrected chi connectivity index (χ0v) is 15.0. The summed E-state index contributed by atoms with van der Waals surface area (Å²) in [6, 6.07) is 3.63. The van der Waals surface area contributed by atoms with Crippen molar-refractivity contribution in [2.24, 2.45) is 0 Å². The molecule has 0 aromatic carbocycles. The van der Waals surface area contributed by atoms with Gasteiger partial charge in [0, 0.05) is 12.4 Å². The summed E-state index contributed by atoms with van der Waals surface area (Å²) in [7, 11) is 0. The molecule has 128 valence electrons. The summed E-state index contributed by atoms with van der Waals surface area (Å²) >= 11 is 0. The summed E-state index contributed by atoms with van der Waals surface area (Å²) < 4.78 is 7.09. The highest BCUT2D eigenvalue weighted by molar-refractivity contribution is 5.79. The molecular weight excluding hydrogens is 302 g/mol. The third-order valence-electron chi connectivity index (χ3n) is 3.23. The van der Waals surface area contributed by atoms with Gasteiger partial charge in [0.1, 0.15) is 17.9 Å². The van der Waals surface area contributed by atoms with E-state index in [-0.39, 0.29) is 23.6 Å². The maximum atomic E-state index is 12.6. The minimum atomic E-state index is -0.303. The Labute approximate surface area is 142 Å². The molecule has 0 bridgehead atoms. The lowest BCUT2D eigenvalue weighted by molar-refractivity contribution is 0.347. The van der Waals surface area contributed by atoms with Gasteiger partial charge in [0.05, 0.1) is 0 Å². The van der Waals surface area contributed by atoms with Gasteiger partial charge in [-0.2, -0.15) is 0 Å². The van der Waals surface area contributed by atoms with Gasteiger partial charge in [-0.3, -0.25) is 9.20 Å². The van der Waals surface area contributed by atoms with Gasteiger partial charge in [-0.05, 0) is 38.0 Å². The first kappa shape index (κ1) is 19.4. The lowest BCUT2D eigenvalue weighted by Gasteiger charge is -2.10. The first-order valence-corrected chi connectivity index (χ1v) is 8.05. The maximum Gasteiger partial charge on any atom is 0.300 e. The first-order valence-electron chi connectivity index (χ1n) is 8.05. The van der Waals surface area contributed by atoms with Gasteiger partial charge in [0.15, 0.2) is 0 Å². The fourth-order valence-corrected chi connectivity index (χ4v) is 2.08. The summed E-state index contributed by atoms with van der Waals surface area (Å²) in [5.74, 6) is 0.0990. The molecule has 0 saturated heterocycles. The van der Waals surface area contributed by atoms with Crippen LogP contribution in [0, 0.1) is 12.3 Å². The molecule has 1 N–H and O–H groups in total. The number of rotatable bonds is 5. The van der Waals surface area contributed by atoms with E-state index in [1.807, 2.05) is 58.9 Å². The van der Waals surface area contributed by atoms with Crippen molar-refractivity contribution < 1.29 is 4.74 Å². The number of hydrogen-bond donors (Lipinski definition) is 1. The number of hydrogen-bond acceptors (Lipinski definition) is 4. The van der Waals surface area contributed by atoms with Crippen LogP contribution in [0.4, 0.5) is 0 Å². The molecule has 5 nitrogen and oxygen atoms in total. The van der Waals surface area contributed by atoms with Crippen molar-refractivity contribution in [1.82, 2.24) is 9.38 Å². The second-order valence-corrected chi connectivity index (χ2v) is 4.86. The second kappa shape index (κ2) is 9.45. The molecular formula is C19H25N3O2. The van der Waals surface area contributed by atoms with Gasteiger partial charge < -0.3 is 10.1 Å². The molecule has 5 heteroatoms. The predicted molar refractivity (Wildman–Crippen MR) is 99.5 cm³/mol.